The zero-order valence-corrected chi connectivity index (χ0v) is 12.8. The number of urea groups is 1. The van der Waals surface area contributed by atoms with Crippen molar-refractivity contribution in [3.05, 3.63) is 64.2 Å². The molecule has 0 saturated carbocycles. The van der Waals surface area contributed by atoms with E-state index in [0.717, 1.165) is 30.3 Å². The van der Waals surface area contributed by atoms with E-state index in [1.54, 1.807) is 10.6 Å². The third-order valence-electron chi connectivity index (χ3n) is 2.95. The first-order valence-electron chi connectivity index (χ1n) is 6.52. The van der Waals surface area contributed by atoms with Crippen LogP contribution in [0.2, 0.25) is 5.02 Å². The summed E-state index contributed by atoms with van der Waals surface area (Å²) in [4.78, 5) is 23.4. The van der Waals surface area contributed by atoms with Crippen molar-refractivity contribution >= 4 is 29.2 Å². The Balaban J connectivity index is 2.20. The molecule has 0 radical (unpaired) electrons. The van der Waals surface area contributed by atoms with Gasteiger partial charge in [0, 0.05) is 5.02 Å². The lowest BCUT2D eigenvalue weighted by Gasteiger charge is -2.14. The molecule has 4 nitrogen and oxygen atoms in total. The van der Waals surface area contributed by atoms with Crippen LogP contribution >= 0.6 is 11.6 Å². The van der Waals surface area contributed by atoms with Crippen molar-refractivity contribution in [2.45, 2.75) is 6.18 Å². The SMILES string of the molecule is O=C(NC(=O)c1c(F)cccc1F)Nc1ccc(Cl)cc1C(F)(F)F. The number of benzene rings is 2. The van der Waals surface area contributed by atoms with Crippen LogP contribution in [0.25, 0.3) is 0 Å². The molecule has 0 aromatic heterocycles. The Hall–Kier alpha value is -2.68. The van der Waals surface area contributed by atoms with Gasteiger partial charge in [-0.05, 0) is 30.3 Å². The fourth-order valence-electron chi connectivity index (χ4n) is 1.89. The molecule has 0 aliphatic rings. The fourth-order valence-corrected chi connectivity index (χ4v) is 2.07. The van der Waals surface area contributed by atoms with Gasteiger partial charge >= 0.3 is 12.2 Å². The average Bonchev–Trinajstić information content (AvgIpc) is 2.47. The molecule has 2 aromatic rings. The van der Waals surface area contributed by atoms with Gasteiger partial charge in [0.2, 0.25) is 0 Å². The second kappa shape index (κ2) is 7.06. The maximum absolute atomic E-state index is 13.4. The Morgan fingerprint density at radius 2 is 1.60 bits per heavy atom. The van der Waals surface area contributed by atoms with E-state index in [9.17, 15) is 31.5 Å². The normalized spacial score (nSPS) is 11.1. The number of alkyl halides is 3. The second-order valence-corrected chi connectivity index (χ2v) is 5.13. The lowest BCUT2D eigenvalue weighted by atomic mass is 10.1. The number of hydrogen-bond acceptors (Lipinski definition) is 2. The van der Waals surface area contributed by atoms with E-state index < -0.39 is 46.6 Å². The molecule has 132 valence electrons. The Kier molecular flexibility index (Phi) is 5.27. The number of amides is 3. The Bertz CT molecular complexity index is 819. The van der Waals surface area contributed by atoms with Crippen LogP contribution in [-0.2, 0) is 6.18 Å². The summed E-state index contributed by atoms with van der Waals surface area (Å²) in [5.41, 5.74) is -2.97. The summed E-state index contributed by atoms with van der Waals surface area (Å²) >= 11 is 5.49. The van der Waals surface area contributed by atoms with Crippen LogP contribution in [0.3, 0.4) is 0 Å². The minimum absolute atomic E-state index is 0.220. The highest BCUT2D eigenvalue weighted by Gasteiger charge is 2.34. The molecule has 0 aliphatic carbocycles. The van der Waals surface area contributed by atoms with Gasteiger partial charge in [-0.1, -0.05) is 17.7 Å². The van der Waals surface area contributed by atoms with E-state index in [1.165, 1.54) is 0 Å². The largest absolute Gasteiger partial charge is 0.418 e. The maximum Gasteiger partial charge on any atom is 0.418 e. The molecule has 0 unspecified atom stereocenters. The number of nitrogens with one attached hydrogen (secondary N) is 2. The van der Waals surface area contributed by atoms with Gasteiger partial charge in [-0.15, -0.1) is 0 Å². The number of carbonyl (C=O) groups excluding carboxylic acids is 2. The summed E-state index contributed by atoms with van der Waals surface area (Å²) in [7, 11) is 0. The second-order valence-electron chi connectivity index (χ2n) is 4.69. The van der Waals surface area contributed by atoms with Gasteiger partial charge in [0.05, 0.1) is 11.3 Å². The highest BCUT2D eigenvalue weighted by molar-refractivity contribution is 6.30. The monoisotopic (exact) mass is 378 g/mol. The van der Waals surface area contributed by atoms with Crippen molar-refractivity contribution in [3.8, 4) is 0 Å². The average molecular weight is 379 g/mol. The van der Waals surface area contributed by atoms with Crippen LogP contribution in [0.5, 0.6) is 0 Å². The first kappa shape index (κ1) is 18.7. The highest BCUT2D eigenvalue weighted by atomic mass is 35.5. The maximum atomic E-state index is 13.4. The minimum atomic E-state index is -4.82. The van der Waals surface area contributed by atoms with Crippen LogP contribution in [-0.4, -0.2) is 11.9 Å². The van der Waals surface area contributed by atoms with Crippen LogP contribution in [0.4, 0.5) is 32.4 Å². The van der Waals surface area contributed by atoms with E-state index in [4.69, 9.17) is 11.6 Å². The Morgan fingerprint density at radius 1 is 1.00 bits per heavy atom. The minimum Gasteiger partial charge on any atom is -0.307 e. The van der Waals surface area contributed by atoms with Gasteiger partial charge in [-0.25, -0.2) is 13.6 Å². The number of rotatable bonds is 2. The number of imide groups is 1. The third-order valence-corrected chi connectivity index (χ3v) is 3.19. The van der Waals surface area contributed by atoms with E-state index >= 15 is 0 Å². The molecule has 25 heavy (non-hydrogen) atoms. The lowest BCUT2D eigenvalue weighted by molar-refractivity contribution is -0.136. The van der Waals surface area contributed by atoms with Gasteiger partial charge in [-0.2, -0.15) is 13.2 Å². The molecule has 0 spiro atoms. The van der Waals surface area contributed by atoms with Crippen molar-refractivity contribution < 1.29 is 31.5 Å². The molecule has 2 N–H and O–H groups in total. The molecular weight excluding hydrogens is 371 g/mol. The molecule has 3 amide bonds. The zero-order chi connectivity index (χ0) is 18.8. The molecule has 2 rings (SSSR count). The standard InChI is InChI=1S/C15H8ClF5N2O2/c16-7-4-5-11(8(6-7)15(19,20)21)22-14(25)23-13(24)12-9(17)2-1-3-10(12)18/h1-6H,(H2,22,23,24,25). The van der Waals surface area contributed by atoms with Crippen molar-refractivity contribution in [2.75, 3.05) is 5.32 Å². The Morgan fingerprint density at radius 3 is 2.16 bits per heavy atom. The summed E-state index contributed by atoms with van der Waals surface area (Å²) in [6.07, 6.45) is -4.82. The molecule has 10 heteroatoms. The van der Waals surface area contributed by atoms with E-state index in [0.29, 0.717) is 6.07 Å². The van der Waals surface area contributed by atoms with Crippen molar-refractivity contribution in [2.24, 2.45) is 0 Å². The van der Waals surface area contributed by atoms with E-state index in [1.807, 2.05) is 0 Å². The molecule has 0 atom stereocenters. The van der Waals surface area contributed by atoms with Crippen LogP contribution in [0, 0.1) is 11.6 Å². The van der Waals surface area contributed by atoms with Crippen LogP contribution < -0.4 is 10.6 Å². The highest BCUT2D eigenvalue weighted by Crippen LogP contribution is 2.36. The van der Waals surface area contributed by atoms with Gasteiger partial charge in [0.25, 0.3) is 5.91 Å². The summed E-state index contributed by atoms with van der Waals surface area (Å²) in [6.45, 7) is 0. The van der Waals surface area contributed by atoms with Crippen molar-refractivity contribution in [1.29, 1.82) is 0 Å². The first-order chi connectivity index (χ1) is 11.6. The summed E-state index contributed by atoms with van der Waals surface area (Å²) in [5.74, 6) is -3.91. The number of anilines is 1. The van der Waals surface area contributed by atoms with Gasteiger partial charge < -0.3 is 5.32 Å². The molecule has 0 bridgehead atoms. The van der Waals surface area contributed by atoms with Gasteiger partial charge in [0.1, 0.15) is 17.2 Å². The third kappa shape index (κ3) is 4.44. The number of halogens is 6. The first-order valence-corrected chi connectivity index (χ1v) is 6.90. The summed E-state index contributed by atoms with van der Waals surface area (Å²) in [6, 6.07) is 3.72. The van der Waals surface area contributed by atoms with Crippen molar-refractivity contribution in [3.63, 3.8) is 0 Å². The lowest BCUT2D eigenvalue weighted by Crippen LogP contribution is -2.35. The molecule has 0 aliphatic heterocycles. The molecule has 0 saturated heterocycles. The topological polar surface area (TPSA) is 58.2 Å². The summed E-state index contributed by atoms with van der Waals surface area (Å²) in [5, 5.41) is 3.12. The van der Waals surface area contributed by atoms with Gasteiger partial charge in [-0.3, -0.25) is 10.1 Å². The number of hydrogen-bond donors (Lipinski definition) is 2. The molecule has 2 aromatic carbocycles. The summed E-state index contributed by atoms with van der Waals surface area (Å²) < 4.78 is 65.6. The van der Waals surface area contributed by atoms with Crippen LogP contribution in [0.15, 0.2) is 36.4 Å². The Labute approximate surface area is 142 Å². The molecule has 0 fully saturated rings. The molecule has 0 heterocycles. The van der Waals surface area contributed by atoms with E-state index in [-0.39, 0.29) is 5.02 Å². The molecular formula is C15H8ClF5N2O2. The fraction of sp³-hybridized carbons (Fsp3) is 0.0667. The van der Waals surface area contributed by atoms with E-state index in [2.05, 4.69) is 0 Å². The number of carbonyl (C=O) groups is 2. The smallest absolute Gasteiger partial charge is 0.307 e. The van der Waals surface area contributed by atoms with Crippen LogP contribution in [0.1, 0.15) is 15.9 Å². The zero-order valence-electron chi connectivity index (χ0n) is 12.0. The quantitative estimate of drug-likeness (QED) is 0.750. The predicted molar refractivity (Wildman–Crippen MR) is 79.3 cm³/mol. The van der Waals surface area contributed by atoms with Crippen molar-refractivity contribution in [1.82, 2.24) is 5.32 Å². The predicted octanol–water partition coefficient (Wildman–Crippen LogP) is 4.60. The van der Waals surface area contributed by atoms with Gasteiger partial charge in [0.15, 0.2) is 0 Å².